The van der Waals surface area contributed by atoms with E-state index in [0.29, 0.717) is 0 Å². The lowest BCUT2D eigenvalue weighted by Gasteiger charge is -2.32. The molecule has 0 saturated carbocycles. The molecule has 0 spiro atoms. The highest BCUT2D eigenvalue weighted by molar-refractivity contribution is 5.87. The summed E-state index contributed by atoms with van der Waals surface area (Å²) in [7, 11) is 0. The molecule has 8 aromatic heterocycles. The van der Waals surface area contributed by atoms with Crippen molar-refractivity contribution in [1.82, 2.24) is 38.2 Å². The second kappa shape index (κ2) is 8.87. The molecule has 2 unspecified atom stereocenters. The van der Waals surface area contributed by atoms with E-state index in [1.54, 1.807) is 0 Å². The number of aromatic nitrogens is 8. The highest BCUT2D eigenvalue weighted by Gasteiger charge is 2.31. The van der Waals surface area contributed by atoms with Crippen LogP contribution in [0, 0.1) is 0 Å². The summed E-state index contributed by atoms with van der Waals surface area (Å²) in [6, 6.07) is 24.5. The highest BCUT2D eigenvalue weighted by Crippen LogP contribution is 2.42. The maximum Gasteiger partial charge on any atom is 0.144 e. The third-order valence-electron chi connectivity index (χ3n) is 8.27. The second-order valence-corrected chi connectivity index (χ2v) is 10.6. The van der Waals surface area contributed by atoms with Gasteiger partial charge in [0.2, 0.25) is 0 Å². The van der Waals surface area contributed by atoms with Gasteiger partial charge >= 0.3 is 0 Å². The maximum atomic E-state index is 4.79. The number of hydrogen-bond donors (Lipinski definition) is 0. The lowest BCUT2D eigenvalue weighted by atomic mass is 9.98. The van der Waals surface area contributed by atoms with Crippen molar-refractivity contribution in [1.29, 1.82) is 0 Å². The van der Waals surface area contributed by atoms with Gasteiger partial charge in [-0.3, -0.25) is 0 Å². The Balaban J connectivity index is 1.35. The van der Waals surface area contributed by atoms with Gasteiger partial charge in [0.05, 0.1) is 12.1 Å². The van der Waals surface area contributed by atoms with Crippen LogP contribution in [0.25, 0.3) is 55.5 Å². The van der Waals surface area contributed by atoms with E-state index in [2.05, 4.69) is 104 Å². The van der Waals surface area contributed by atoms with E-state index in [9.17, 15) is 0 Å². The zero-order chi connectivity index (χ0) is 27.6. The number of pyridine rings is 4. The summed E-state index contributed by atoms with van der Waals surface area (Å²) < 4.78 is 8.91. The summed E-state index contributed by atoms with van der Waals surface area (Å²) in [6.07, 6.45) is 20.6. The molecule has 1 aliphatic rings. The molecule has 0 N–H and O–H groups in total. The van der Waals surface area contributed by atoms with E-state index in [0.717, 1.165) is 55.5 Å². The van der Waals surface area contributed by atoms with Gasteiger partial charge in [0.15, 0.2) is 0 Å². The third-order valence-corrected chi connectivity index (χ3v) is 8.27. The molecule has 2 atom stereocenters. The lowest BCUT2D eigenvalue weighted by molar-refractivity contribution is 0.662. The first-order valence-corrected chi connectivity index (χ1v) is 13.9. The molecular weight excluding hydrogens is 520 g/mol. The number of allylic oxidation sites excluding steroid dienone is 4. The molecule has 8 aromatic rings. The van der Waals surface area contributed by atoms with Crippen molar-refractivity contribution in [3.05, 3.63) is 135 Å². The number of fused-ring (bicyclic) bond motifs is 4. The first-order valence-electron chi connectivity index (χ1n) is 13.9. The molecule has 0 saturated heterocycles. The van der Waals surface area contributed by atoms with E-state index in [-0.39, 0.29) is 12.1 Å². The number of hydrogen-bond acceptors (Lipinski definition) is 4. The molecular formula is C34H24N8. The summed E-state index contributed by atoms with van der Waals surface area (Å²) in [6.45, 7) is 0. The van der Waals surface area contributed by atoms with Crippen molar-refractivity contribution in [3.8, 4) is 0 Å². The molecule has 1 aliphatic carbocycles. The van der Waals surface area contributed by atoms with Gasteiger partial charge in [0, 0.05) is 82.5 Å². The van der Waals surface area contributed by atoms with Crippen LogP contribution in [0.5, 0.6) is 0 Å². The van der Waals surface area contributed by atoms with Gasteiger partial charge < -0.3 is 18.3 Å². The van der Waals surface area contributed by atoms with Crippen LogP contribution in [0.15, 0.2) is 135 Å². The minimum atomic E-state index is -0.169. The number of nitrogens with zero attached hydrogens (tertiary/aromatic N) is 8. The Kier molecular flexibility index (Phi) is 4.86. The van der Waals surface area contributed by atoms with Gasteiger partial charge in [-0.15, -0.1) is 0 Å². The van der Waals surface area contributed by atoms with Gasteiger partial charge in [-0.1, -0.05) is 0 Å². The number of rotatable bonds is 4. The fraction of sp³-hybridized carbons (Fsp3) is 0.0588. The van der Waals surface area contributed by atoms with Crippen LogP contribution >= 0.6 is 0 Å². The van der Waals surface area contributed by atoms with Crippen molar-refractivity contribution < 1.29 is 0 Å². The van der Waals surface area contributed by atoms with Gasteiger partial charge in [-0.05, 0) is 84.9 Å². The third kappa shape index (κ3) is 3.35. The monoisotopic (exact) mass is 544 g/mol. The molecule has 9 rings (SSSR count). The summed E-state index contributed by atoms with van der Waals surface area (Å²) >= 11 is 0. The molecule has 200 valence electrons. The van der Waals surface area contributed by atoms with E-state index in [4.69, 9.17) is 19.9 Å². The van der Waals surface area contributed by atoms with E-state index < -0.39 is 0 Å². The molecule has 8 nitrogen and oxygen atoms in total. The Labute approximate surface area is 240 Å². The highest BCUT2D eigenvalue weighted by atomic mass is 15.2. The van der Waals surface area contributed by atoms with Gasteiger partial charge in [-0.2, -0.15) is 0 Å². The predicted octanol–water partition coefficient (Wildman–Crippen LogP) is 6.96. The quantitative estimate of drug-likeness (QED) is 0.240. The Bertz CT molecular complexity index is 2180. The van der Waals surface area contributed by atoms with Gasteiger partial charge in [-0.25, -0.2) is 19.9 Å². The summed E-state index contributed by atoms with van der Waals surface area (Å²) in [5, 5.41) is 4.37. The Morgan fingerprint density at radius 1 is 0.405 bits per heavy atom. The molecule has 8 heterocycles. The second-order valence-electron chi connectivity index (χ2n) is 10.6. The average Bonchev–Trinajstić information content (AvgIpc) is 3.84. The molecule has 0 fully saturated rings. The predicted molar refractivity (Wildman–Crippen MR) is 166 cm³/mol. The van der Waals surface area contributed by atoms with Crippen LogP contribution in [-0.4, -0.2) is 38.2 Å². The Morgan fingerprint density at radius 2 is 0.762 bits per heavy atom. The molecule has 0 amide bonds. The molecule has 0 radical (unpaired) electrons. The minimum Gasteiger partial charge on any atom is -0.320 e. The van der Waals surface area contributed by atoms with Crippen LogP contribution in [-0.2, 0) is 0 Å². The largest absolute Gasteiger partial charge is 0.320 e. The lowest BCUT2D eigenvalue weighted by Crippen LogP contribution is -2.23. The molecule has 8 heteroatoms. The fourth-order valence-corrected chi connectivity index (χ4v) is 6.35. The van der Waals surface area contributed by atoms with Crippen LogP contribution < -0.4 is 0 Å². The van der Waals surface area contributed by atoms with Crippen molar-refractivity contribution in [3.63, 3.8) is 0 Å². The molecule has 0 bridgehead atoms. The standard InChI is InChI=1S/C34H24N8/c1-5-23-9-17-39(31(23)35-13-1)27-21-29(41-19-11-25-7-3-15-37-33(25)41)30(42-20-12-26-8-4-16-38-34(26)42)22-28(27)40-18-10-24-6-2-14-36-32(24)40/h1-22,27,30H. The molecule has 0 aromatic carbocycles. The van der Waals surface area contributed by atoms with Gasteiger partial charge in [0.25, 0.3) is 0 Å². The molecule has 0 aliphatic heterocycles. The van der Waals surface area contributed by atoms with E-state index in [1.165, 1.54) is 0 Å². The normalized spacial score (nSPS) is 17.3. The summed E-state index contributed by atoms with van der Waals surface area (Å²) in [4.78, 5) is 19.1. The Morgan fingerprint density at radius 3 is 1.19 bits per heavy atom. The van der Waals surface area contributed by atoms with Crippen LogP contribution in [0.3, 0.4) is 0 Å². The topological polar surface area (TPSA) is 71.3 Å². The first-order chi connectivity index (χ1) is 20.8. The van der Waals surface area contributed by atoms with Crippen LogP contribution in [0.2, 0.25) is 0 Å². The van der Waals surface area contributed by atoms with Crippen molar-refractivity contribution in [2.45, 2.75) is 12.1 Å². The fourth-order valence-electron chi connectivity index (χ4n) is 6.35. The summed E-state index contributed by atoms with van der Waals surface area (Å²) in [5.41, 5.74) is 5.85. The minimum absolute atomic E-state index is 0.169. The van der Waals surface area contributed by atoms with Crippen LogP contribution in [0.1, 0.15) is 12.1 Å². The first kappa shape index (κ1) is 23.0. The zero-order valence-electron chi connectivity index (χ0n) is 22.4. The van der Waals surface area contributed by atoms with Crippen molar-refractivity contribution in [2.24, 2.45) is 0 Å². The zero-order valence-corrected chi connectivity index (χ0v) is 22.4. The van der Waals surface area contributed by atoms with E-state index in [1.807, 2.05) is 49.1 Å². The molecule has 42 heavy (non-hydrogen) atoms. The summed E-state index contributed by atoms with van der Waals surface area (Å²) in [5.74, 6) is 0. The Hall–Kier alpha value is -5.76. The maximum absolute atomic E-state index is 4.79. The smallest absolute Gasteiger partial charge is 0.144 e. The van der Waals surface area contributed by atoms with Crippen molar-refractivity contribution in [2.75, 3.05) is 0 Å². The van der Waals surface area contributed by atoms with E-state index >= 15 is 0 Å². The average molecular weight is 545 g/mol. The van der Waals surface area contributed by atoms with Crippen molar-refractivity contribution >= 4 is 55.5 Å². The van der Waals surface area contributed by atoms with Crippen LogP contribution in [0.4, 0.5) is 0 Å². The SMILES string of the molecule is C1=C(n2ccc3cccnc32)C(n2ccc3cccnc32)C=C(n2ccc3cccnc32)C1n1ccc2cccnc21. The van der Waals surface area contributed by atoms with Gasteiger partial charge in [0.1, 0.15) is 22.6 Å².